The molecule has 0 fully saturated rings. The van der Waals surface area contributed by atoms with E-state index in [4.69, 9.17) is 11.6 Å². The first-order chi connectivity index (χ1) is 9.06. The second-order valence-electron chi connectivity index (χ2n) is 4.88. The lowest BCUT2D eigenvalue weighted by atomic mass is 9.93. The highest BCUT2D eigenvalue weighted by Gasteiger charge is 2.24. The molecule has 1 atom stereocenters. The second-order valence-corrected chi connectivity index (χ2v) is 7.09. The molecule has 0 amide bonds. The van der Waals surface area contributed by atoms with Crippen LogP contribution < -0.4 is 0 Å². The molecule has 1 aromatic carbocycles. The SMILES string of the molecule is CC1c2ncc(Br)cc2CCc2cc(Cl)cc(Br)c21. The van der Waals surface area contributed by atoms with E-state index in [9.17, 15) is 0 Å². The Morgan fingerprint density at radius 2 is 1.89 bits per heavy atom. The number of hydrogen-bond acceptors (Lipinski definition) is 1. The molecule has 0 radical (unpaired) electrons. The number of benzene rings is 1. The van der Waals surface area contributed by atoms with Crippen molar-refractivity contribution in [3.8, 4) is 0 Å². The van der Waals surface area contributed by atoms with E-state index < -0.39 is 0 Å². The third kappa shape index (κ3) is 2.48. The van der Waals surface area contributed by atoms with Crippen molar-refractivity contribution in [3.63, 3.8) is 0 Å². The molecule has 1 aliphatic carbocycles. The summed E-state index contributed by atoms with van der Waals surface area (Å²) in [7, 11) is 0. The Kier molecular flexibility index (Phi) is 3.71. The maximum atomic E-state index is 6.17. The van der Waals surface area contributed by atoms with Crippen molar-refractivity contribution in [2.24, 2.45) is 0 Å². The molecule has 0 spiro atoms. The number of aromatic nitrogens is 1. The van der Waals surface area contributed by atoms with Gasteiger partial charge in [-0.3, -0.25) is 4.98 Å². The van der Waals surface area contributed by atoms with Crippen LogP contribution in [0.25, 0.3) is 0 Å². The van der Waals surface area contributed by atoms with Crippen LogP contribution >= 0.6 is 43.5 Å². The molecule has 4 heteroatoms. The van der Waals surface area contributed by atoms with Gasteiger partial charge in [0.25, 0.3) is 0 Å². The fourth-order valence-corrected chi connectivity index (χ4v) is 4.41. The number of halogens is 3. The van der Waals surface area contributed by atoms with E-state index in [1.165, 1.54) is 22.4 Å². The monoisotopic (exact) mass is 399 g/mol. The molecule has 1 nitrogen and oxygen atoms in total. The summed E-state index contributed by atoms with van der Waals surface area (Å²) in [6.07, 6.45) is 3.89. The summed E-state index contributed by atoms with van der Waals surface area (Å²) in [6.45, 7) is 2.21. The summed E-state index contributed by atoms with van der Waals surface area (Å²) in [5.41, 5.74) is 5.13. The number of fused-ring (bicyclic) bond motifs is 2. The van der Waals surface area contributed by atoms with Crippen LogP contribution in [0.4, 0.5) is 0 Å². The van der Waals surface area contributed by atoms with E-state index in [0.717, 1.165) is 26.8 Å². The lowest BCUT2D eigenvalue weighted by molar-refractivity contribution is 0.854. The molecule has 0 saturated carbocycles. The van der Waals surface area contributed by atoms with Crippen LogP contribution in [0, 0.1) is 0 Å². The Bertz CT molecular complexity index is 655. The maximum Gasteiger partial charge on any atom is 0.0508 e. The summed E-state index contributed by atoms with van der Waals surface area (Å²) in [4.78, 5) is 4.62. The molecule has 0 N–H and O–H groups in total. The average Bonchev–Trinajstić information content (AvgIpc) is 2.47. The normalized spacial score (nSPS) is 17.6. The number of aryl methyl sites for hydroxylation is 2. The zero-order chi connectivity index (χ0) is 13.6. The summed E-state index contributed by atoms with van der Waals surface area (Å²) < 4.78 is 2.13. The quantitative estimate of drug-likeness (QED) is 0.567. The molecule has 98 valence electrons. The minimum Gasteiger partial charge on any atom is -0.259 e. The third-order valence-electron chi connectivity index (χ3n) is 3.65. The van der Waals surface area contributed by atoms with Crippen LogP contribution in [-0.2, 0) is 12.8 Å². The highest BCUT2D eigenvalue weighted by molar-refractivity contribution is 9.10. The maximum absolute atomic E-state index is 6.17. The van der Waals surface area contributed by atoms with Crippen molar-refractivity contribution >= 4 is 43.5 Å². The third-order valence-corrected chi connectivity index (χ3v) is 4.96. The lowest BCUT2D eigenvalue weighted by Crippen LogP contribution is -2.03. The fourth-order valence-electron chi connectivity index (χ4n) is 2.82. The summed E-state index contributed by atoms with van der Waals surface area (Å²) >= 11 is 13.3. The van der Waals surface area contributed by atoms with E-state index >= 15 is 0 Å². The lowest BCUT2D eigenvalue weighted by Gasteiger charge is -2.16. The predicted octanol–water partition coefficient (Wildman–Crippen LogP) is 5.51. The molecule has 1 aromatic heterocycles. The van der Waals surface area contributed by atoms with Crippen molar-refractivity contribution in [2.75, 3.05) is 0 Å². The van der Waals surface area contributed by atoms with Crippen molar-refractivity contribution in [1.29, 1.82) is 0 Å². The van der Waals surface area contributed by atoms with Crippen LogP contribution in [0.3, 0.4) is 0 Å². The molecule has 0 saturated heterocycles. The van der Waals surface area contributed by atoms with Gasteiger partial charge in [0.05, 0.1) is 5.69 Å². The van der Waals surface area contributed by atoms with Crippen LogP contribution in [0.5, 0.6) is 0 Å². The summed E-state index contributed by atoms with van der Waals surface area (Å²) in [5.74, 6) is 0.284. The second kappa shape index (κ2) is 5.19. The Balaban J connectivity index is 2.20. The van der Waals surface area contributed by atoms with Gasteiger partial charge >= 0.3 is 0 Å². The molecule has 19 heavy (non-hydrogen) atoms. The molecule has 2 aromatic rings. The first kappa shape index (κ1) is 13.6. The van der Waals surface area contributed by atoms with Crippen molar-refractivity contribution < 1.29 is 0 Å². The van der Waals surface area contributed by atoms with Crippen molar-refractivity contribution in [1.82, 2.24) is 4.98 Å². The van der Waals surface area contributed by atoms with E-state index in [0.29, 0.717) is 0 Å². The number of hydrogen-bond donors (Lipinski definition) is 0. The van der Waals surface area contributed by atoms with Gasteiger partial charge in [0, 0.05) is 26.1 Å². The average molecular weight is 402 g/mol. The first-order valence-electron chi connectivity index (χ1n) is 6.18. The molecule has 1 aliphatic rings. The van der Waals surface area contributed by atoms with Crippen LogP contribution in [0.2, 0.25) is 5.02 Å². The highest BCUT2D eigenvalue weighted by atomic mass is 79.9. The van der Waals surface area contributed by atoms with E-state index in [1.54, 1.807) is 0 Å². The van der Waals surface area contributed by atoms with Gasteiger partial charge in [-0.2, -0.15) is 0 Å². The van der Waals surface area contributed by atoms with Gasteiger partial charge in [0.15, 0.2) is 0 Å². The van der Waals surface area contributed by atoms with Crippen molar-refractivity contribution in [3.05, 3.63) is 60.7 Å². The van der Waals surface area contributed by atoms with Gasteiger partial charge in [-0.1, -0.05) is 34.5 Å². The number of pyridine rings is 1. The fraction of sp³-hybridized carbons (Fsp3) is 0.267. The number of rotatable bonds is 0. The zero-order valence-corrected chi connectivity index (χ0v) is 14.3. The number of nitrogens with zero attached hydrogens (tertiary/aromatic N) is 1. The smallest absolute Gasteiger partial charge is 0.0508 e. The molecule has 1 heterocycles. The Morgan fingerprint density at radius 3 is 2.68 bits per heavy atom. The topological polar surface area (TPSA) is 12.9 Å². The summed E-state index contributed by atoms with van der Waals surface area (Å²) in [5, 5.41) is 0.790. The molecule has 1 unspecified atom stereocenters. The van der Waals surface area contributed by atoms with E-state index in [2.05, 4.69) is 55.9 Å². The van der Waals surface area contributed by atoms with Crippen molar-refractivity contribution in [2.45, 2.75) is 25.7 Å². The molecular formula is C15H12Br2ClN. The molecule has 0 bridgehead atoms. The van der Waals surface area contributed by atoms with Gasteiger partial charge in [0.2, 0.25) is 0 Å². The molecular weight excluding hydrogens is 389 g/mol. The van der Waals surface area contributed by atoms with Crippen LogP contribution in [0.1, 0.15) is 35.2 Å². The van der Waals surface area contributed by atoms with Gasteiger partial charge in [-0.15, -0.1) is 0 Å². The minimum absolute atomic E-state index is 0.284. The van der Waals surface area contributed by atoms with E-state index in [-0.39, 0.29) is 5.92 Å². The highest BCUT2D eigenvalue weighted by Crippen LogP contribution is 2.39. The zero-order valence-electron chi connectivity index (χ0n) is 10.4. The van der Waals surface area contributed by atoms with Gasteiger partial charge in [0.1, 0.15) is 0 Å². The standard InChI is InChI=1S/C15H12Br2ClN/c1-8-14-9(5-12(18)6-13(14)17)2-3-10-4-11(16)7-19-15(8)10/h4-8H,2-3H2,1H3. The summed E-state index contributed by atoms with van der Waals surface area (Å²) in [6, 6.07) is 6.24. The Morgan fingerprint density at radius 1 is 1.16 bits per heavy atom. The first-order valence-corrected chi connectivity index (χ1v) is 8.15. The molecule has 0 aliphatic heterocycles. The van der Waals surface area contributed by atoms with Gasteiger partial charge in [-0.05, 0) is 63.7 Å². The minimum atomic E-state index is 0.284. The van der Waals surface area contributed by atoms with E-state index in [1.807, 2.05) is 12.3 Å². The Hall–Kier alpha value is -0.380. The van der Waals surface area contributed by atoms with Crippen LogP contribution in [-0.4, -0.2) is 4.98 Å². The Labute approximate surface area is 134 Å². The van der Waals surface area contributed by atoms with Crippen LogP contribution in [0.15, 0.2) is 33.3 Å². The van der Waals surface area contributed by atoms with Gasteiger partial charge < -0.3 is 0 Å². The largest absolute Gasteiger partial charge is 0.259 e. The predicted molar refractivity (Wildman–Crippen MR) is 86.0 cm³/mol. The van der Waals surface area contributed by atoms with Gasteiger partial charge in [-0.25, -0.2) is 0 Å². The molecule has 3 rings (SSSR count).